The Hall–Kier alpha value is -3.57. The number of aldehydes is 1. The van der Waals surface area contributed by atoms with E-state index in [0.29, 0.717) is 6.04 Å². The summed E-state index contributed by atoms with van der Waals surface area (Å²) in [6, 6.07) is 42.7. The lowest BCUT2D eigenvalue weighted by molar-refractivity contribution is -0.114. The summed E-state index contributed by atoms with van der Waals surface area (Å²) in [6.07, 6.45) is 4.44. The number of benzene rings is 4. The lowest BCUT2D eigenvalue weighted by Crippen LogP contribution is -2.52. The third kappa shape index (κ3) is 7.21. The molecule has 0 saturated carbocycles. The van der Waals surface area contributed by atoms with Crippen molar-refractivity contribution in [2.75, 3.05) is 46.3 Å². The van der Waals surface area contributed by atoms with E-state index >= 15 is 0 Å². The van der Waals surface area contributed by atoms with Crippen LogP contribution in [0.2, 0.25) is 0 Å². The van der Waals surface area contributed by atoms with Crippen LogP contribution in [0.5, 0.6) is 0 Å². The largest absolute Gasteiger partial charge is 0.303 e. The van der Waals surface area contributed by atoms with Crippen LogP contribution in [0.3, 0.4) is 0 Å². The highest BCUT2D eigenvalue weighted by molar-refractivity contribution is 5.60. The Morgan fingerprint density at radius 2 is 1.30 bits per heavy atom. The molecule has 0 bridgehead atoms. The number of nitrogens with zero attached hydrogens (tertiary/aromatic N) is 3. The van der Waals surface area contributed by atoms with Crippen LogP contribution in [-0.4, -0.2) is 79.4 Å². The van der Waals surface area contributed by atoms with Crippen LogP contribution in [0.15, 0.2) is 115 Å². The highest BCUT2D eigenvalue weighted by Crippen LogP contribution is 2.45. The van der Waals surface area contributed by atoms with Crippen molar-refractivity contribution < 1.29 is 4.79 Å². The number of unbranched alkanes of at least 4 members (excludes halogenated alkanes) is 1. The topological polar surface area (TPSA) is 26.8 Å². The second kappa shape index (κ2) is 15.4. The van der Waals surface area contributed by atoms with Gasteiger partial charge in [0.2, 0.25) is 0 Å². The van der Waals surface area contributed by atoms with Crippen molar-refractivity contribution in [1.82, 2.24) is 14.7 Å². The molecule has 4 heteroatoms. The second-order valence-electron chi connectivity index (χ2n) is 12.4. The van der Waals surface area contributed by atoms with E-state index in [0.717, 1.165) is 64.8 Å². The highest BCUT2D eigenvalue weighted by atomic mass is 16.1. The van der Waals surface area contributed by atoms with Gasteiger partial charge in [0, 0.05) is 25.7 Å². The number of rotatable bonds is 14. The third-order valence-electron chi connectivity index (χ3n) is 9.60. The highest BCUT2D eigenvalue weighted by Gasteiger charge is 2.38. The molecule has 1 saturated heterocycles. The maximum absolute atomic E-state index is 11.6. The lowest BCUT2D eigenvalue weighted by atomic mass is 9.65. The van der Waals surface area contributed by atoms with Gasteiger partial charge < -0.3 is 14.6 Å². The summed E-state index contributed by atoms with van der Waals surface area (Å²) in [5.74, 6) is 0. The Bertz CT molecular complexity index is 1310. The monoisotopic (exact) mass is 587 g/mol. The zero-order chi connectivity index (χ0) is 30.8. The minimum atomic E-state index is -0.407. The van der Waals surface area contributed by atoms with Gasteiger partial charge >= 0.3 is 0 Å². The molecule has 4 nitrogen and oxygen atoms in total. The third-order valence-corrected chi connectivity index (χ3v) is 9.60. The first-order chi connectivity index (χ1) is 21.6. The van der Waals surface area contributed by atoms with Gasteiger partial charge in [0.1, 0.15) is 6.29 Å². The lowest BCUT2D eigenvalue weighted by Gasteiger charge is -2.37. The number of piperazine rings is 1. The fourth-order valence-corrected chi connectivity index (χ4v) is 7.14. The molecule has 1 aliphatic heterocycles. The first kappa shape index (κ1) is 31.8. The Balaban J connectivity index is 1.30. The van der Waals surface area contributed by atoms with Crippen LogP contribution in [0, 0.1) is 0 Å². The van der Waals surface area contributed by atoms with Gasteiger partial charge in [0.15, 0.2) is 0 Å². The molecule has 0 aliphatic carbocycles. The fourth-order valence-electron chi connectivity index (χ4n) is 7.14. The molecule has 2 atom stereocenters. The molecule has 0 amide bonds. The van der Waals surface area contributed by atoms with Crippen molar-refractivity contribution in [2.45, 2.75) is 50.6 Å². The van der Waals surface area contributed by atoms with E-state index in [-0.39, 0.29) is 6.04 Å². The number of hydrogen-bond acceptors (Lipinski definition) is 4. The molecule has 1 fully saturated rings. The Labute approximate surface area is 265 Å². The summed E-state index contributed by atoms with van der Waals surface area (Å²) < 4.78 is 0. The van der Waals surface area contributed by atoms with E-state index in [1.165, 1.54) is 27.8 Å². The molecule has 1 heterocycles. The number of likely N-dealkylation sites (N-methyl/N-ethyl adjacent to an activating group) is 2. The van der Waals surface area contributed by atoms with Crippen molar-refractivity contribution in [3.63, 3.8) is 0 Å². The molecular weight excluding hydrogens is 538 g/mol. The first-order valence-corrected chi connectivity index (χ1v) is 16.4. The fraction of sp³-hybridized carbons (Fsp3) is 0.375. The molecular formula is C40H49N3O. The standard InChI is InChI=1S/C40H49N3O/c1-4-42(26-14-15-27-43-29-28-41(3)31-39(43)32-44)33(2)30-34-22-24-38(25-23-34)40(35-16-8-5-9-17-35,36-18-10-6-11-19-36)37-20-12-7-13-21-37/h5-13,16-25,32-33,39H,4,14-15,26-31H2,1-3H3. The summed E-state index contributed by atoms with van der Waals surface area (Å²) in [7, 11) is 2.11. The van der Waals surface area contributed by atoms with Gasteiger partial charge in [-0.1, -0.05) is 122 Å². The molecule has 0 spiro atoms. The maximum Gasteiger partial charge on any atom is 0.138 e. The summed E-state index contributed by atoms with van der Waals surface area (Å²) in [5.41, 5.74) is 6.05. The zero-order valence-electron chi connectivity index (χ0n) is 26.8. The molecule has 230 valence electrons. The average molecular weight is 588 g/mol. The molecule has 0 aromatic heterocycles. The smallest absolute Gasteiger partial charge is 0.138 e. The van der Waals surface area contributed by atoms with Crippen LogP contribution in [-0.2, 0) is 16.6 Å². The second-order valence-corrected chi connectivity index (χ2v) is 12.4. The van der Waals surface area contributed by atoms with Crippen LogP contribution in [0.4, 0.5) is 0 Å². The number of carbonyl (C=O) groups is 1. The maximum atomic E-state index is 11.6. The summed E-state index contributed by atoms with van der Waals surface area (Å²) in [5, 5.41) is 0. The van der Waals surface area contributed by atoms with Crippen molar-refractivity contribution in [2.24, 2.45) is 0 Å². The van der Waals surface area contributed by atoms with Crippen LogP contribution < -0.4 is 0 Å². The molecule has 2 unspecified atom stereocenters. The molecule has 0 N–H and O–H groups in total. The van der Waals surface area contributed by atoms with E-state index in [9.17, 15) is 4.79 Å². The van der Waals surface area contributed by atoms with Crippen molar-refractivity contribution >= 4 is 6.29 Å². The van der Waals surface area contributed by atoms with E-state index in [4.69, 9.17) is 0 Å². The molecule has 4 aromatic carbocycles. The van der Waals surface area contributed by atoms with Crippen LogP contribution >= 0.6 is 0 Å². The predicted molar refractivity (Wildman–Crippen MR) is 183 cm³/mol. The van der Waals surface area contributed by atoms with Gasteiger partial charge in [-0.15, -0.1) is 0 Å². The van der Waals surface area contributed by atoms with Gasteiger partial charge in [-0.25, -0.2) is 0 Å². The van der Waals surface area contributed by atoms with E-state index < -0.39 is 5.41 Å². The minimum Gasteiger partial charge on any atom is -0.303 e. The number of carbonyl (C=O) groups excluding carboxylic acids is 1. The summed E-state index contributed by atoms with van der Waals surface area (Å²) in [4.78, 5) is 18.8. The normalized spacial score (nSPS) is 17.0. The Morgan fingerprint density at radius 3 is 1.80 bits per heavy atom. The first-order valence-electron chi connectivity index (χ1n) is 16.4. The Kier molecular flexibility index (Phi) is 11.2. The van der Waals surface area contributed by atoms with Crippen LogP contribution in [0.1, 0.15) is 54.5 Å². The number of hydrogen-bond donors (Lipinski definition) is 0. The van der Waals surface area contributed by atoms with E-state index in [2.05, 4.69) is 151 Å². The van der Waals surface area contributed by atoms with E-state index in [1.807, 2.05) is 0 Å². The SMILES string of the molecule is CCN(CCCCN1CCN(C)CC1C=O)C(C)Cc1ccc(C(c2ccccc2)(c2ccccc2)c2ccccc2)cc1. The van der Waals surface area contributed by atoms with Gasteiger partial charge in [0.25, 0.3) is 0 Å². The van der Waals surface area contributed by atoms with Gasteiger partial charge in [-0.2, -0.15) is 0 Å². The average Bonchev–Trinajstić information content (AvgIpc) is 3.08. The molecule has 0 radical (unpaired) electrons. The summed E-state index contributed by atoms with van der Waals surface area (Å²) in [6.45, 7) is 10.7. The minimum absolute atomic E-state index is 0.0438. The van der Waals surface area contributed by atoms with Gasteiger partial charge in [-0.3, -0.25) is 4.90 Å². The van der Waals surface area contributed by atoms with Crippen LogP contribution in [0.25, 0.3) is 0 Å². The quantitative estimate of drug-likeness (QED) is 0.0910. The van der Waals surface area contributed by atoms with Gasteiger partial charge in [-0.05, 0) is 80.7 Å². The van der Waals surface area contributed by atoms with Crippen molar-refractivity contribution in [1.29, 1.82) is 0 Å². The van der Waals surface area contributed by atoms with Crippen molar-refractivity contribution in [3.8, 4) is 0 Å². The molecule has 1 aliphatic rings. The van der Waals surface area contributed by atoms with Gasteiger partial charge in [0.05, 0.1) is 11.5 Å². The van der Waals surface area contributed by atoms with Crippen molar-refractivity contribution in [3.05, 3.63) is 143 Å². The predicted octanol–water partition coefficient (Wildman–Crippen LogP) is 6.92. The molecule has 44 heavy (non-hydrogen) atoms. The Morgan fingerprint density at radius 1 is 0.773 bits per heavy atom. The molecule has 5 rings (SSSR count). The van der Waals surface area contributed by atoms with E-state index in [1.54, 1.807) is 0 Å². The zero-order valence-corrected chi connectivity index (χ0v) is 26.8. The molecule has 4 aromatic rings. The summed E-state index contributed by atoms with van der Waals surface area (Å²) >= 11 is 0.